The lowest BCUT2D eigenvalue weighted by Crippen LogP contribution is -2.31. The van der Waals surface area contributed by atoms with Crippen molar-refractivity contribution in [3.63, 3.8) is 0 Å². The van der Waals surface area contributed by atoms with Crippen molar-refractivity contribution in [2.45, 2.75) is 38.3 Å². The topological polar surface area (TPSA) is 95.1 Å². The Morgan fingerprint density at radius 3 is 2.67 bits per heavy atom. The van der Waals surface area contributed by atoms with Crippen LogP contribution in [0, 0.1) is 0 Å². The van der Waals surface area contributed by atoms with Crippen LogP contribution < -0.4 is 4.72 Å². The number of hydrogen-bond acceptors (Lipinski definition) is 4. The van der Waals surface area contributed by atoms with E-state index in [0.717, 1.165) is 30.5 Å². The second-order valence-corrected chi connectivity index (χ2v) is 7.98. The Labute approximate surface area is 147 Å². The molecule has 0 amide bonds. The van der Waals surface area contributed by atoms with E-state index in [-0.39, 0.29) is 12.3 Å². The number of aryl methyl sites for hydroxylation is 1. The van der Waals surface area contributed by atoms with Gasteiger partial charge in [0.15, 0.2) is 0 Å². The molecule has 1 aromatic carbocycles. The lowest BCUT2D eigenvalue weighted by atomic mass is 10.1. The van der Waals surface area contributed by atoms with Crippen molar-refractivity contribution < 1.29 is 13.5 Å². The number of nitrogens with zero attached hydrogens (tertiary/aromatic N) is 1. The van der Waals surface area contributed by atoms with Crippen LogP contribution in [0.15, 0.2) is 36.8 Å². The first-order valence-electron chi connectivity index (χ1n) is 7.82. The Bertz CT molecular complexity index is 703. The Balaban J connectivity index is 1.67. The average molecular weight is 372 g/mol. The van der Waals surface area contributed by atoms with Gasteiger partial charge in [0, 0.05) is 17.8 Å². The molecule has 2 aromatic rings. The van der Waals surface area contributed by atoms with E-state index >= 15 is 0 Å². The van der Waals surface area contributed by atoms with Gasteiger partial charge in [0.2, 0.25) is 10.0 Å². The summed E-state index contributed by atoms with van der Waals surface area (Å²) < 4.78 is 26.5. The fourth-order valence-corrected chi connectivity index (χ4v) is 3.61. The maximum Gasteiger partial charge on any atom is 0.214 e. The number of aromatic nitrogens is 2. The number of unbranched alkanes of at least 4 members (excludes halogenated alkanes) is 1. The highest BCUT2D eigenvalue weighted by Crippen LogP contribution is 2.10. The monoisotopic (exact) mass is 371 g/mol. The number of aliphatic hydroxyl groups excluding tert-OH is 1. The SMILES string of the molecule is O=S(=O)(CC(O)CCCCc1c[nH]cn1)NCc1ccc(Cl)cc1. The maximum absolute atomic E-state index is 12.0. The molecule has 0 radical (unpaired) electrons. The first-order chi connectivity index (χ1) is 11.4. The molecule has 0 fully saturated rings. The molecule has 0 spiro atoms. The molecule has 0 saturated heterocycles. The van der Waals surface area contributed by atoms with Gasteiger partial charge >= 0.3 is 0 Å². The number of hydrogen-bond donors (Lipinski definition) is 3. The summed E-state index contributed by atoms with van der Waals surface area (Å²) in [5, 5.41) is 10.5. The number of rotatable bonds is 10. The maximum atomic E-state index is 12.0. The zero-order valence-electron chi connectivity index (χ0n) is 13.3. The van der Waals surface area contributed by atoms with Gasteiger partial charge in [-0.2, -0.15) is 0 Å². The van der Waals surface area contributed by atoms with Gasteiger partial charge in [-0.1, -0.05) is 30.2 Å². The van der Waals surface area contributed by atoms with Crippen LogP contribution in [0.4, 0.5) is 0 Å². The quantitative estimate of drug-likeness (QED) is 0.558. The summed E-state index contributed by atoms with van der Waals surface area (Å²) in [7, 11) is -3.52. The van der Waals surface area contributed by atoms with Crippen molar-refractivity contribution in [2.75, 3.05) is 5.75 Å². The van der Waals surface area contributed by atoms with Gasteiger partial charge in [-0.25, -0.2) is 18.1 Å². The minimum absolute atomic E-state index is 0.186. The summed E-state index contributed by atoms with van der Waals surface area (Å²) in [6, 6.07) is 6.94. The molecule has 1 unspecified atom stereocenters. The fraction of sp³-hybridized carbons (Fsp3) is 0.438. The van der Waals surface area contributed by atoms with E-state index in [1.165, 1.54) is 0 Å². The normalized spacial score (nSPS) is 13.1. The highest BCUT2D eigenvalue weighted by molar-refractivity contribution is 7.89. The average Bonchev–Trinajstić information content (AvgIpc) is 3.04. The van der Waals surface area contributed by atoms with Gasteiger partial charge in [-0.15, -0.1) is 0 Å². The van der Waals surface area contributed by atoms with Gasteiger partial charge in [0.1, 0.15) is 0 Å². The summed E-state index contributed by atoms with van der Waals surface area (Å²) in [5.41, 5.74) is 1.79. The lowest BCUT2D eigenvalue weighted by Gasteiger charge is -2.12. The summed E-state index contributed by atoms with van der Waals surface area (Å²) in [6.07, 6.45) is 5.47. The van der Waals surface area contributed by atoms with Crippen molar-refractivity contribution in [1.29, 1.82) is 0 Å². The van der Waals surface area contributed by atoms with Gasteiger partial charge in [0.25, 0.3) is 0 Å². The van der Waals surface area contributed by atoms with Crippen LogP contribution in [-0.2, 0) is 23.0 Å². The van der Waals surface area contributed by atoms with Gasteiger partial charge in [0.05, 0.1) is 23.9 Å². The minimum Gasteiger partial charge on any atom is -0.392 e. The number of benzene rings is 1. The van der Waals surface area contributed by atoms with Crippen molar-refractivity contribution in [1.82, 2.24) is 14.7 Å². The summed E-state index contributed by atoms with van der Waals surface area (Å²) in [6.45, 7) is 0.186. The third-order valence-electron chi connectivity index (χ3n) is 3.60. The van der Waals surface area contributed by atoms with Crippen LogP contribution >= 0.6 is 11.6 Å². The molecule has 0 saturated carbocycles. The molecule has 0 aliphatic rings. The Morgan fingerprint density at radius 2 is 2.00 bits per heavy atom. The van der Waals surface area contributed by atoms with E-state index < -0.39 is 16.1 Å². The predicted octanol–water partition coefficient (Wildman–Crippen LogP) is 2.26. The molecule has 2 rings (SSSR count). The second kappa shape index (κ2) is 9.17. The number of nitrogens with one attached hydrogen (secondary N) is 2. The Hall–Kier alpha value is -1.41. The van der Waals surface area contributed by atoms with Crippen molar-refractivity contribution in [3.05, 3.63) is 53.1 Å². The molecule has 24 heavy (non-hydrogen) atoms. The smallest absolute Gasteiger partial charge is 0.214 e. The standard InChI is InChI=1S/C16H22ClN3O3S/c17-14-7-5-13(6-8-14)9-20-24(22,23)11-16(21)4-2-1-3-15-10-18-12-19-15/h5-8,10,12,16,20-21H,1-4,9,11H2,(H,18,19). The highest BCUT2D eigenvalue weighted by atomic mass is 35.5. The highest BCUT2D eigenvalue weighted by Gasteiger charge is 2.16. The molecule has 6 nitrogen and oxygen atoms in total. The zero-order chi connectivity index (χ0) is 17.4. The summed E-state index contributed by atoms with van der Waals surface area (Å²) >= 11 is 5.79. The Morgan fingerprint density at radius 1 is 1.25 bits per heavy atom. The van der Waals surface area contributed by atoms with Crippen LogP contribution in [0.2, 0.25) is 5.02 Å². The van der Waals surface area contributed by atoms with Crippen LogP contribution in [0.3, 0.4) is 0 Å². The predicted molar refractivity (Wildman–Crippen MR) is 94.2 cm³/mol. The molecule has 132 valence electrons. The molecule has 1 aromatic heterocycles. The molecule has 0 aliphatic heterocycles. The van der Waals surface area contributed by atoms with Crippen molar-refractivity contribution >= 4 is 21.6 Å². The molecule has 1 atom stereocenters. The third kappa shape index (κ3) is 7.00. The number of aliphatic hydroxyl groups is 1. The molecule has 0 aliphatic carbocycles. The van der Waals surface area contributed by atoms with Crippen LogP contribution in [0.1, 0.15) is 30.5 Å². The largest absolute Gasteiger partial charge is 0.392 e. The van der Waals surface area contributed by atoms with E-state index in [1.807, 2.05) is 6.20 Å². The van der Waals surface area contributed by atoms with E-state index in [9.17, 15) is 13.5 Å². The zero-order valence-corrected chi connectivity index (χ0v) is 14.9. The first-order valence-corrected chi connectivity index (χ1v) is 9.85. The molecule has 3 N–H and O–H groups in total. The third-order valence-corrected chi connectivity index (χ3v) is 5.26. The number of imidazole rings is 1. The molecular weight excluding hydrogens is 350 g/mol. The molecule has 1 heterocycles. The number of H-pyrrole nitrogens is 1. The van der Waals surface area contributed by atoms with E-state index in [2.05, 4.69) is 14.7 Å². The van der Waals surface area contributed by atoms with E-state index in [1.54, 1.807) is 30.6 Å². The van der Waals surface area contributed by atoms with Crippen molar-refractivity contribution in [3.8, 4) is 0 Å². The molecule has 8 heteroatoms. The van der Waals surface area contributed by atoms with Gasteiger partial charge < -0.3 is 10.1 Å². The lowest BCUT2D eigenvalue weighted by molar-refractivity contribution is 0.182. The number of sulfonamides is 1. The summed E-state index contributed by atoms with van der Waals surface area (Å²) in [5.74, 6) is -0.289. The van der Waals surface area contributed by atoms with E-state index in [0.29, 0.717) is 11.4 Å². The second-order valence-electron chi connectivity index (χ2n) is 5.69. The fourth-order valence-electron chi connectivity index (χ4n) is 2.30. The summed E-state index contributed by atoms with van der Waals surface area (Å²) in [4.78, 5) is 7.00. The molecule has 0 bridgehead atoms. The van der Waals surface area contributed by atoms with E-state index in [4.69, 9.17) is 11.6 Å². The first kappa shape index (κ1) is 18.9. The van der Waals surface area contributed by atoms with Crippen molar-refractivity contribution in [2.24, 2.45) is 0 Å². The van der Waals surface area contributed by atoms with Gasteiger partial charge in [-0.05, 0) is 37.0 Å². The van der Waals surface area contributed by atoms with Crippen LogP contribution in [0.25, 0.3) is 0 Å². The van der Waals surface area contributed by atoms with Crippen LogP contribution in [-0.4, -0.2) is 35.3 Å². The van der Waals surface area contributed by atoms with Crippen LogP contribution in [0.5, 0.6) is 0 Å². The minimum atomic E-state index is -3.52. The number of halogens is 1. The molecular formula is C16H22ClN3O3S. The Kier molecular flexibility index (Phi) is 7.23. The van der Waals surface area contributed by atoms with Gasteiger partial charge in [-0.3, -0.25) is 0 Å². The number of aromatic amines is 1.